The molecule has 0 aliphatic carbocycles. The highest BCUT2D eigenvalue weighted by Gasteiger charge is 2.26. The van der Waals surface area contributed by atoms with E-state index < -0.39 is 24.3 Å². The third-order valence-electron chi connectivity index (χ3n) is 3.21. The van der Waals surface area contributed by atoms with E-state index in [2.05, 4.69) is 0 Å². The second kappa shape index (κ2) is 6.38. The van der Waals surface area contributed by atoms with Gasteiger partial charge in [-0.25, -0.2) is 0 Å². The van der Waals surface area contributed by atoms with E-state index in [0.717, 1.165) is 0 Å². The number of aliphatic hydroxyl groups excluding tert-OH is 2. The Labute approximate surface area is 127 Å². The minimum Gasteiger partial charge on any atom is -0.399 e. The first-order valence-corrected chi connectivity index (χ1v) is 6.57. The maximum atomic E-state index is 12.3. The number of ketones is 2. The Morgan fingerprint density at radius 3 is 2.18 bits per heavy atom. The Bertz CT molecular complexity index is 711. The summed E-state index contributed by atoms with van der Waals surface area (Å²) >= 11 is 0. The van der Waals surface area contributed by atoms with Crippen molar-refractivity contribution in [1.82, 2.24) is 0 Å². The number of aliphatic hydroxyl groups is 2. The number of anilines is 2. The fraction of sp³-hybridized carbons (Fsp3) is 0.125. The minimum absolute atomic E-state index is 0.0715. The molecule has 1 atom stereocenters. The van der Waals surface area contributed by atoms with Crippen LogP contribution in [0.15, 0.2) is 42.5 Å². The lowest BCUT2D eigenvalue weighted by Gasteiger charge is -2.11. The normalized spacial score (nSPS) is 11.9. The molecule has 0 fully saturated rings. The molecule has 6 heteroatoms. The molecule has 0 aromatic heterocycles. The van der Waals surface area contributed by atoms with Crippen LogP contribution < -0.4 is 11.5 Å². The van der Waals surface area contributed by atoms with Crippen molar-refractivity contribution in [2.75, 3.05) is 18.1 Å². The maximum absolute atomic E-state index is 12.3. The molecule has 0 bridgehead atoms. The van der Waals surface area contributed by atoms with Gasteiger partial charge in [0.25, 0.3) is 0 Å². The smallest absolute Gasteiger partial charge is 0.234 e. The Hall–Kier alpha value is -2.70. The van der Waals surface area contributed by atoms with Gasteiger partial charge in [0.05, 0.1) is 6.61 Å². The zero-order valence-corrected chi connectivity index (χ0v) is 11.7. The van der Waals surface area contributed by atoms with Crippen molar-refractivity contribution < 1.29 is 19.8 Å². The molecule has 114 valence electrons. The van der Waals surface area contributed by atoms with E-state index in [1.54, 1.807) is 36.4 Å². The number of nitrogens with two attached hydrogens (primary N) is 2. The molecule has 0 spiro atoms. The molecular weight excluding hydrogens is 284 g/mol. The van der Waals surface area contributed by atoms with Crippen LogP contribution in [0.25, 0.3) is 11.1 Å². The van der Waals surface area contributed by atoms with Gasteiger partial charge in [0.2, 0.25) is 11.6 Å². The summed E-state index contributed by atoms with van der Waals surface area (Å²) in [7, 11) is 0. The summed E-state index contributed by atoms with van der Waals surface area (Å²) in [4.78, 5) is 24.1. The summed E-state index contributed by atoms with van der Waals surface area (Å²) in [6.45, 7) is -0.815. The van der Waals surface area contributed by atoms with E-state index in [9.17, 15) is 14.7 Å². The first kappa shape index (κ1) is 15.7. The summed E-state index contributed by atoms with van der Waals surface area (Å²) in [5, 5.41) is 18.2. The fourth-order valence-corrected chi connectivity index (χ4v) is 2.03. The predicted octanol–water partition coefficient (Wildman–Crippen LogP) is 0.623. The molecule has 0 aliphatic rings. The monoisotopic (exact) mass is 300 g/mol. The van der Waals surface area contributed by atoms with Crippen LogP contribution >= 0.6 is 0 Å². The lowest BCUT2D eigenvalue weighted by Crippen LogP contribution is -2.31. The van der Waals surface area contributed by atoms with E-state index in [1.165, 1.54) is 6.07 Å². The first-order chi connectivity index (χ1) is 10.4. The van der Waals surface area contributed by atoms with E-state index in [-0.39, 0.29) is 5.56 Å². The second-order valence-corrected chi connectivity index (χ2v) is 4.82. The molecule has 2 rings (SSSR count). The van der Waals surface area contributed by atoms with Crippen molar-refractivity contribution in [2.24, 2.45) is 0 Å². The number of carbonyl (C=O) groups excluding carboxylic acids is 2. The van der Waals surface area contributed by atoms with E-state index in [4.69, 9.17) is 16.6 Å². The van der Waals surface area contributed by atoms with Crippen molar-refractivity contribution in [2.45, 2.75) is 6.10 Å². The van der Waals surface area contributed by atoms with Crippen molar-refractivity contribution >= 4 is 22.9 Å². The molecule has 22 heavy (non-hydrogen) atoms. The highest BCUT2D eigenvalue weighted by molar-refractivity contribution is 6.46. The standard InChI is InChI=1S/C16H16N2O4/c17-10-3-1-9(2-4-10)12-6-5-11(18)7-13(12)15(21)16(22)14(20)8-19/h1-7,14,19-20H,8,17-18H2. The van der Waals surface area contributed by atoms with E-state index >= 15 is 0 Å². The van der Waals surface area contributed by atoms with Crippen LogP contribution in [0, 0.1) is 0 Å². The van der Waals surface area contributed by atoms with E-state index in [0.29, 0.717) is 22.5 Å². The van der Waals surface area contributed by atoms with Gasteiger partial charge < -0.3 is 21.7 Å². The summed E-state index contributed by atoms with van der Waals surface area (Å²) in [5.74, 6) is -1.98. The van der Waals surface area contributed by atoms with Crippen LogP contribution in [0.5, 0.6) is 0 Å². The third-order valence-corrected chi connectivity index (χ3v) is 3.21. The van der Waals surface area contributed by atoms with Crippen molar-refractivity contribution in [3.8, 4) is 11.1 Å². The van der Waals surface area contributed by atoms with Gasteiger partial charge in [0, 0.05) is 16.9 Å². The van der Waals surface area contributed by atoms with Crippen molar-refractivity contribution in [1.29, 1.82) is 0 Å². The quantitative estimate of drug-likeness (QED) is 0.364. The molecule has 6 N–H and O–H groups in total. The van der Waals surface area contributed by atoms with Crippen molar-refractivity contribution in [3.63, 3.8) is 0 Å². The number of Topliss-reactive ketones (excluding diaryl/α,β-unsaturated/α-hetero) is 2. The molecule has 0 aliphatic heterocycles. The maximum Gasteiger partial charge on any atom is 0.234 e. The van der Waals surface area contributed by atoms with Gasteiger partial charge in [-0.05, 0) is 35.4 Å². The van der Waals surface area contributed by atoms with E-state index in [1.807, 2.05) is 0 Å². The zero-order chi connectivity index (χ0) is 16.3. The van der Waals surface area contributed by atoms with Gasteiger partial charge in [-0.15, -0.1) is 0 Å². The largest absolute Gasteiger partial charge is 0.399 e. The fourth-order valence-electron chi connectivity index (χ4n) is 2.03. The van der Waals surface area contributed by atoms with Crippen LogP contribution in [0.3, 0.4) is 0 Å². The van der Waals surface area contributed by atoms with Crippen LogP contribution in [0.2, 0.25) is 0 Å². The summed E-state index contributed by atoms with van der Waals surface area (Å²) in [6, 6.07) is 11.4. The van der Waals surface area contributed by atoms with Gasteiger partial charge in [-0.3, -0.25) is 9.59 Å². The Morgan fingerprint density at radius 1 is 1.00 bits per heavy atom. The zero-order valence-electron chi connectivity index (χ0n) is 11.7. The summed E-state index contributed by atoms with van der Waals surface area (Å²) < 4.78 is 0. The van der Waals surface area contributed by atoms with Crippen LogP contribution in [-0.2, 0) is 4.79 Å². The molecule has 0 saturated carbocycles. The van der Waals surface area contributed by atoms with Crippen LogP contribution in [0.4, 0.5) is 11.4 Å². The lowest BCUT2D eigenvalue weighted by atomic mass is 9.93. The van der Waals surface area contributed by atoms with Crippen LogP contribution in [0.1, 0.15) is 10.4 Å². The summed E-state index contributed by atoms with van der Waals surface area (Å²) in [5.41, 5.74) is 13.4. The Balaban J connectivity index is 2.51. The molecular formula is C16H16N2O4. The molecule has 0 heterocycles. The molecule has 6 nitrogen and oxygen atoms in total. The number of carbonyl (C=O) groups is 2. The van der Waals surface area contributed by atoms with Gasteiger partial charge in [0.15, 0.2) is 0 Å². The molecule has 0 amide bonds. The molecule has 2 aromatic rings. The number of benzene rings is 2. The second-order valence-electron chi connectivity index (χ2n) is 4.82. The molecule has 0 radical (unpaired) electrons. The molecule has 2 aromatic carbocycles. The minimum atomic E-state index is -1.74. The topological polar surface area (TPSA) is 127 Å². The van der Waals surface area contributed by atoms with Gasteiger partial charge in [-0.1, -0.05) is 18.2 Å². The van der Waals surface area contributed by atoms with Gasteiger partial charge in [0.1, 0.15) is 6.10 Å². The number of nitrogen functional groups attached to an aromatic ring is 2. The number of rotatable bonds is 5. The first-order valence-electron chi connectivity index (χ1n) is 6.57. The van der Waals surface area contributed by atoms with Crippen molar-refractivity contribution in [3.05, 3.63) is 48.0 Å². The van der Waals surface area contributed by atoms with Gasteiger partial charge >= 0.3 is 0 Å². The number of hydrogen-bond donors (Lipinski definition) is 4. The highest BCUT2D eigenvalue weighted by atomic mass is 16.3. The van der Waals surface area contributed by atoms with Crippen LogP contribution in [-0.4, -0.2) is 34.5 Å². The third kappa shape index (κ3) is 3.13. The SMILES string of the molecule is Nc1ccc(-c2ccc(N)cc2C(=O)C(=O)C(O)CO)cc1. The molecule has 1 unspecified atom stereocenters. The Morgan fingerprint density at radius 2 is 1.59 bits per heavy atom. The Kier molecular flexibility index (Phi) is 4.55. The summed E-state index contributed by atoms with van der Waals surface area (Å²) in [6.07, 6.45) is -1.74. The number of hydrogen-bond acceptors (Lipinski definition) is 6. The molecule has 0 saturated heterocycles. The highest BCUT2D eigenvalue weighted by Crippen LogP contribution is 2.27. The average molecular weight is 300 g/mol. The van der Waals surface area contributed by atoms with Gasteiger partial charge in [-0.2, -0.15) is 0 Å². The predicted molar refractivity (Wildman–Crippen MR) is 83.1 cm³/mol. The lowest BCUT2D eigenvalue weighted by molar-refractivity contribution is -0.124. The average Bonchev–Trinajstić information content (AvgIpc) is 2.53.